The molecule has 1 saturated carbocycles. The van der Waals surface area contributed by atoms with Gasteiger partial charge in [0.2, 0.25) is 5.90 Å². The van der Waals surface area contributed by atoms with Crippen LogP contribution in [0.1, 0.15) is 33.1 Å². The summed E-state index contributed by atoms with van der Waals surface area (Å²) in [4.78, 5) is 4.15. The highest BCUT2D eigenvalue weighted by atomic mass is 35.5. The third-order valence-electron chi connectivity index (χ3n) is 1.76. The summed E-state index contributed by atoms with van der Waals surface area (Å²) in [5, 5.41) is 0.474. The highest BCUT2D eigenvalue weighted by molar-refractivity contribution is 6.30. The zero-order chi connectivity index (χ0) is 10.4. The number of aliphatic imine (C=N–C) groups is 1. The number of rotatable bonds is 4. The second kappa shape index (κ2) is 5.86. The Kier molecular flexibility index (Phi) is 4.74. The number of hydrogen-bond acceptors (Lipinski definition) is 2. The maximum atomic E-state index is 5.80. The molecular weight excluding hydrogens is 198 g/mol. The molecule has 0 heterocycles. The van der Waals surface area contributed by atoms with Crippen LogP contribution in [-0.2, 0) is 4.74 Å². The molecular formula is C11H16ClNO. The zero-order valence-corrected chi connectivity index (χ0v) is 9.42. The lowest BCUT2D eigenvalue weighted by molar-refractivity contribution is 0.292. The first-order valence-electron chi connectivity index (χ1n) is 5.00. The third kappa shape index (κ3) is 4.47. The Morgan fingerprint density at radius 1 is 1.57 bits per heavy atom. The van der Waals surface area contributed by atoms with E-state index in [0.717, 1.165) is 19.3 Å². The van der Waals surface area contributed by atoms with Crippen molar-refractivity contribution in [3.05, 3.63) is 23.4 Å². The topological polar surface area (TPSA) is 21.6 Å². The maximum Gasteiger partial charge on any atom is 0.214 e. The van der Waals surface area contributed by atoms with Crippen LogP contribution in [0.2, 0.25) is 0 Å². The van der Waals surface area contributed by atoms with Gasteiger partial charge in [0, 0.05) is 0 Å². The fourth-order valence-corrected chi connectivity index (χ4v) is 0.931. The highest BCUT2D eigenvalue weighted by Gasteiger charge is 2.24. The van der Waals surface area contributed by atoms with E-state index in [2.05, 4.69) is 11.9 Å². The van der Waals surface area contributed by atoms with Gasteiger partial charge in [-0.2, -0.15) is 0 Å². The van der Waals surface area contributed by atoms with E-state index in [9.17, 15) is 0 Å². The maximum absolute atomic E-state index is 5.80. The molecule has 0 amide bonds. The van der Waals surface area contributed by atoms with E-state index in [0.29, 0.717) is 17.2 Å². The summed E-state index contributed by atoms with van der Waals surface area (Å²) >= 11 is 5.80. The Hall–Kier alpha value is -0.760. The quantitative estimate of drug-likeness (QED) is 0.397. The van der Waals surface area contributed by atoms with E-state index in [1.54, 1.807) is 6.08 Å². The van der Waals surface area contributed by atoms with Gasteiger partial charge in [0.15, 0.2) is 0 Å². The molecule has 0 aromatic rings. The van der Waals surface area contributed by atoms with E-state index in [1.165, 1.54) is 0 Å². The molecule has 1 aliphatic rings. The third-order valence-corrected chi connectivity index (χ3v) is 2.07. The van der Waals surface area contributed by atoms with Crippen molar-refractivity contribution in [2.75, 3.05) is 0 Å². The second-order valence-electron chi connectivity index (χ2n) is 3.19. The molecule has 0 aromatic heterocycles. The van der Waals surface area contributed by atoms with Gasteiger partial charge in [-0.05, 0) is 38.3 Å². The number of hydrogen-bond donors (Lipinski definition) is 0. The smallest absolute Gasteiger partial charge is 0.214 e. The summed E-state index contributed by atoms with van der Waals surface area (Å²) in [7, 11) is 0. The minimum Gasteiger partial charge on any atom is -0.474 e. The average Bonchev–Trinajstić information content (AvgIpc) is 2.97. The molecule has 78 valence electrons. The monoisotopic (exact) mass is 213 g/mol. The molecule has 2 nitrogen and oxygen atoms in total. The van der Waals surface area contributed by atoms with Crippen LogP contribution >= 0.6 is 11.6 Å². The van der Waals surface area contributed by atoms with Crippen LogP contribution < -0.4 is 0 Å². The van der Waals surface area contributed by atoms with Crippen molar-refractivity contribution >= 4 is 17.5 Å². The fourth-order valence-electron chi connectivity index (χ4n) is 0.848. The van der Waals surface area contributed by atoms with Crippen molar-refractivity contribution in [3.63, 3.8) is 0 Å². The summed E-state index contributed by atoms with van der Waals surface area (Å²) in [6.07, 6.45) is 9.24. The van der Waals surface area contributed by atoms with Crippen LogP contribution in [0.15, 0.2) is 28.4 Å². The van der Waals surface area contributed by atoms with Crippen LogP contribution in [0.5, 0.6) is 0 Å². The SMILES string of the molecule is C\C=C(Cl)/N=C(/C=C/CC)OC1CC1. The van der Waals surface area contributed by atoms with Crippen molar-refractivity contribution in [1.82, 2.24) is 0 Å². The van der Waals surface area contributed by atoms with Gasteiger partial charge < -0.3 is 4.74 Å². The molecule has 0 unspecified atom stereocenters. The normalized spacial score (nSPS) is 19.1. The van der Waals surface area contributed by atoms with Crippen LogP contribution in [0, 0.1) is 0 Å². The molecule has 0 atom stereocenters. The minimum absolute atomic E-state index is 0.358. The van der Waals surface area contributed by atoms with Gasteiger partial charge in [-0.1, -0.05) is 24.6 Å². The Balaban J connectivity index is 2.58. The zero-order valence-electron chi connectivity index (χ0n) is 8.66. The minimum atomic E-state index is 0.358. The molecule has 0 bridgehead atoms. The Morgan fingerprint density at radius 2 is 2.29 bits per heavy atom. The van der Waals surface area contributed by atoms with Crippen molar-refractivity contribution < 1.29 is 4.74 Å². The molecule has 0 radical (unpaired) electrons. The van der Waals surface area contributed by atoms with E-state index in [-0.39, 0.29) is 0 Å². The predicted molar refractivity (Wildman–Crippen MR) is 60.6 cm³/mol. The largest absolute Gasteiger partial charge is 0.474 e. The predicted octanol–water partition coefficient (Wildman–Crippen LogP) is 3.63. The molecule has 0 saturated heterocycles. The van der Waals surface area contributed by atoms with Crippen LogP contribution in [0.3, 0.4) is 0 Å². The molecule has 3 heteroatoms. The van der Waals surface area contributed by atoms with Crippen LogP contribution in [0.25, 0.3) is 0 Å². The Labute approximate surface area is 90.3 Å². The van der Waals surface area contributed by atoms with Crippen LogP contribution in [0.4, 0.5) is 0 Å². The van der Waals surface area contributed by atoms with Crippen molar-refractivity contribution in [2.24, 2.45) is 4.99 Å². The number of ether oxygens (including phenoxy) is 1. The average molecular weight is 214 g/mol. The molecule has 0 spiro atoms. The molecule has 1 rings (SSSR count). The van der Waals surface area contributed by atoms with Gasteiger partial charge in [-0.3, -0.25) is 0 Å². The Morgan fingerprint density at radius 3 is 2.79 bits per heavy atom. The summed E-state index contributed by atoms with van der Waals surface area (Å²) in [5.41, 5.74) is 0. The molecule has 1 aliphatic carbocycles. The van der Waals surface area contributed by atoms with Gasteiger partial charge in [0.1, 0.15) is 11.3 Å². The lowest BCUT2D eigenvalue weighted by Gasteiger charge is -2.02. The standard InChI is InChI=1S/C11H16ClNO/c1-3-5-6-11(13-10(12)4-2)14-9-7-8-9/h4-6,9H,3,7-8H2,1-2H3/b6-5+,10-4-,13-11-. The van der Waals surface area contributed by atoms with Crippen molar-refractivity contribution in [3.8, 4) is 0 Å². The lowest BCUT2D eigenvalue weighted by Crippen LogP contribution is -2.03. The Bertz CT molecular complexity index is 264. The number of nitrogens with zero attached hydrogens (tertiary/aromatic N) is 1. The number of allylic oxidation sites excluding steroid dienone is 2. The summed E-state index contributed by atoms with van der Waals surface area (Å²) in [6.45, 7) is 3.92. The first kappa shape index (κ1) is 11.3. The van der Waals surface area contributed by atoms with E-state index >= 15 is 0 Å². The molecule has 14 heavy (non-hydrogen) atoms. The van der Waals surface area contributed by atoms with E-state index in [1.807, 2.05) is 19.1 Å². The van der Waals surface area contributed by atoms with Crippen molar-refractivity contribution in [2.45, 2.75) is 39.2 Å². The summed E-state index contributed by atoms with van der Waals surface area (Å²) < 4.78 is 5.57. The van der Waals surface area contributed by atoms with Gasteiger partial charge in [0.25, 0.3) is 0 Å². The van der Waals surface area contributed by atoms with Gasteiger partial charge in [0.05, 0.1) is 0 Å². The molecule has 1 fully saturated rings. The summed E-state index contributed by atoms with van der Waals surface area (Å²) in [5.74, 6) is 0.623. The fraction of sp³-hybridized carbons (Fsp3) is 0.545. The lowest BCUT2D eigenvalue weighted by atomic mass is 10.4. The van der Waals surface area contributed by atoms with Crippen LogP contribution in [-0.4, -0.2) is 12.0 Å². The first-order chi connectivity index (χ1) is 6.76. The van der Waals surface area contributed by atoms with Gasteiger partial charge in [-0.25, -0.2) is 4.99 Å². The molecule has 0 N–H and O–H groups in total. The summed E-state index contributed by atoms with van der Waals surface area (Å²) in [6, 6.07) is 0. The molecule has 0 aromatic carbocycles. The first-order valence-corrected chi connectivity index (χ1v) is 5.37. The highest BCUT2D eigenvalue weighted by Crippen LogP contribution is 2.24. The van der Waals surface area contributed by atoms with Crippen molar-refractivity contribution in [1.29, 1.82) is 0 Å². The van der Waals surface area contributed by atoms with Gasteiger partial charge >= 0.3 is 0 Å². The van der Waals surface area contributed by atoms with Gasteiger partial charge in [-0.15, -0.1) is 0 Å². The van der Waals surface area contributed by atoms with E-state index in [4.69, 9.17) is 16.3 Å². The second-order valence-corrected chi connectivity index (χ2v) is 3.58. The number of halogens is 1. The molecule has 0 aliphatic heterocycles. The van der Waals surface area contributed by atoms with E-state index < -0.39 is 0 Å².